The van der Waals surface area contributed by atoms with Crippen LogP contribution in [0, 0.1) is 6.92 Å². The number of benzene rings is 1. The van der Waals surface area contributed by atoms with Gasteiger partial charge in [0.25, 0.3) is 0 Å². The Bertz CT molecular complexity index is 844. The minimum Gasteiger partial charge on any atom is -0.381 e. The SMILES string of the molecule is Cc1nc(NC(=S)NCC2(c3cccc(Cl)c3)CCOCC2)c(Br)cc1Cl. The highest BCUT2D eigenvalue weighted by atomic mass is 79.9. The lowest BCUT2D eigenvalue weighted by molar-refractivity contribution is 0.0515. The van der Waals surface area contributed by atoms with Crippen molar-refractivity contribution < 1.29 is 4.74 Å². The third kappa shape index (κ3) is 5.12. The van der Waals surface area contributed by atoms with E-state index in [1.54, 1.807) is 6.07 Å². The molecular formula is C19H20BrCl2N3OS. The Morgan fingerprint density at radius 3 is 2.74 bits per heavy atom. The Labute approximate surface area is 183 Å². The van der Waals surface area contributed by atoms with Gasteiger partial charge in [-0.1, -0.05) is 35.3 Å². The van der Waals surface area contributed by atoms with Crippen LogP contribution in [0.3, 0.4) is 0 Å². The number of aromatic nitrogens is 1. The molecule has 144 valence electrons. The standard InChI is InChI=1S/C19H20BrCl2N3OS/c1-12-16(22)10-15(20)17(24-12)25-18(27)23-11-19(5-7-26-8-6-19)13-3-2-4-14(21)9-13/h2-4,9-10H,5-8,11H2,1H3,(H2,23,24,25,27). The predicted octanol–water partition coefficient (Wildman–Crippen LogP) is 5.49. The largest absolute Gasteiger partial charge is 0.381 e. The first-order chi connectivity index (χ1) is 12.9. The van der Waals surface area contributed by atoms with E-state index in [0.29, 0.717) is 22.5 Å². The fourth-order valence-electron chi connectivity index (χ4n) is 3.20. The van der Waals surface area contributed by atoms with Gasteiger partial charge in [0, 0.05) is 30.2 Å². The molecule has 1 aromatic carbocycles. The predicted molar refractivity (Wildman–Crippen MR) is 119 cm³/mol. The van der Waals surface area contributed by atoms with Gasteiger partial charge in [-0.3, -0.25) is 0 Å². The first-order valence-electron chi connectivity index (χ1n) is 8.61. The molecule has 0 unspecified atom stereocenters. The first kappa shape index (κ1) is 20.8. The third-order valence-electron chi connectivity index (χ3n) is 4.81. The van der Waals surface area contributed by atoms with E-state index >= 15 is 0 Å². The Balaban J connectivity index is 1.72. The molecule has 8 heteroatoms. The van der Waals surface area contributed by atoms with E-state index in [9.17, 15) is 0 Å². The summed E-state index contributed by atoms with van der Waals surface area (Å²) in [7, 11) is 0. The molecule has 0 atom stereocenters. The highest BCUT2D eigenvalue weighted by molar-refractivity contribution is 9.10. The smallest absolute Gasteiger partial charge is 0.172 e. The highest BCUT2D eigenvalue weighted by Crippen LogP contribution is 2.35. The van der Waals surface area contributed by atoms with Gasteiger partial charge in [-0.15, -0.1) is 0 Å². The zero-order valence-electron chi connectivity index (χ0n) is 14.8. The zero-order valence-corrected chi connectivity index (χ0v) is 18.7. The molecule has 2 N–H and O–H groups in total. The van der Waals surface area contributed by atoms with Crippen LogP contribution in [0.25, 0.3) is 0 Å². The van der Waals surface area contributed by atoms with Crippen LogP contribution in [0.15, 0.2) is 34.8 Å². The molecular weight excluding hydrogens is 469 g/mol. The lowest BCUT2D eigenvalue weighted by Crippen LogP contribution is -2.45. The third-order valence-corrected chi connectivity index (χ3v) is 6.28. The van der Waals surface area contributed by atoms with E-state index in [2.05, 4.69) is 37.6 Å². The van der Waals surface area contributed by atoms with Crippen molar-refractivity contribution in [3.05, 3.63) is 56.1 Å². The van der Waals surface area contributed by atoms with Crippen molar-refractivity contribution in [3.8, 4) is 0 Å². The Hall–Kier alpha value is -0.920. The number of ether oxygens (including phenoxy) is 1. The molecule has 27 heavy (non-hydrogen) atoms. The van der Waals surface area contributed by atoms with Crippen molar-refractivity contribution in [1.29, 1.82) is 0 Å². The van der Waals surface area contributed by atoms with Crippen molar-refractivity contribution in [2.45, 2.75) is 25.2 Å². The molecule has 1 fully saturated rings. The Morgan fingerprint density at radius 2 is 2.04 bits per heavy atom. The summed E-state index contributed by atoms with van der Waals surface area (Å²) in [6, 6.07) is 9.84. The summed E-state index contributed by atoms with van der Waals surface area (Å²) in [6.07, 6.45) is 1.82. The maximum atomic E-state index is 6.23. The monoisotopic (exact) mass is 487 g/mol. The molecule has 0 aliphatic carbocycles. The summed E-state index contributed by atoms with van der Waals surface area (Å²) in [5, 5.41) is 8.35. The van der Waals surface area contributed by atoms with Crippen molar-refractivity contribution in [1.82, 2.24) is 10.3 Å². The number of anilines is 1. The molecule has 2 heterocycles. The van der Waals surface area contributed by atoms with Crippen molar-refractivity contribution >= 4 is 62.3 Å². The van der Waals surface area contributed by atoms with Crippen molar-refractivity contribution in [2.75, 3.05) is 25.1 Å². The number of rotatable bonds is 4. The molecule has 1 aromatic heterocycles. The molecule has 4 nitrogen and oxygen atoms in total. The van der Waals surface area contributed by atoms with Gasteiger partial charge >= 0.3 is 0 Å². The molecule has 0 radical (unpaired) electrons. The van der Waals surface area contributed by atoms with Crippen LogP contribution >= 0.6 is 51.3 Å². The van der Waals surface area contributed by atoms with Crippen LogP contribution in [0.5, 0.6) is 0 Å². The minimum absolute atomic E-state index is 0.0739. The second-order valence-corrected chi connectivity index (χ2v) is 8.70. The summed E-state index contributed by atoms with van der Waals surface area (Å²) in [5.74, 6) is 0.637. The fourth-order valence-corrected chi connectivity index (χ4v) is 4.25. The van der Waals surface area contributed by atoms with Crippen LogP contribution in [0.1, 0.15) is 24.1 Å². The number of thiocarbonyl (C=S) groups is 1. The summed E-state index contributed by atoms with van der Waals surface area (Å²) >= 11 is 21.3. The van der Waals surface area contributed by atoms with Crippen molar-refractivity contribution in [3.63, 3.8) is 0 Å². The van der Waals surface area contributed by atoms with Gasteiger partial charge in [0.1, 0.15) is 5.82 Å². The van der Waals surface area contributed by atoms with E-state index in [4.69, 9.17) is 40.2 Å². The summed E-state index contributed by atoms with van der Waals surface area (Å²) in [6.45, 7) is 3.98. The van der Waals surface area contributed by atoms with Crippen LogP contribution < -0.4 is 10.6 Å². The zero-order chi connectivity index (χ0) is 19.4. The van der Waals surface area contributed by atoms with Crippen LogP contribution in [-0.2, 0) is 10.2 Å². The fraction of sp³-hybridized carbons (Fsp3) is 0.368. The Morgan fingerprint density at radius 1 is 1.30 bits per heavy atom. The minimum atomic E-state index is -0.0739. The number of halogens is 3. The second kappa shape index (κ2) is 9.05. The van der Waals surface area contributed by atoms with E-state index < -0.39 is 0 Å². The number of aryl methyl sites for hydroxylation is 1. The molecule has 1 aliphatic heterocycles. The quantitative estimate of drug-likeness (QED) is 0.557. The number of hydrogen-bond acceptors (Lipinski definition) is 3. The molecule has 0 amide bonds. The number of pyridine rings is 1. The molecule has 3 rings (SSSR count). The van der Waals surface area contributed by atoms with Gasteiger partial charge in [0.05, 0.1) is 15.2 Å². The Kier molecular flexibility index (Phi) is 6.98. The van der Waals surface area contributed by atoms with Gasteiger partial charge in [-0.05, 0) is 71.7 Å². The maximum absolute atomic E-state index is 6.23. The van der Waals surface area contributed by atoms with Gasteiger partial charge in [0.15, 0.2) is 5.11 Å². The first-order valence-corrected chi connectivity index (χ1v) is 10.6. The number of hydrogen-bond donors (Lipinski definition) is 2. The van der Waals surface area contributed by atoms with E-state index in [0.717, 1.165) is 41.2 Å². The van der Waals surface area contributed by atoms with Crippen LogP contribution in [-0.4, -0.2) is 29.9 Å². The van der Waals surface area contributed by atoms with E-state index in [1.807, 2.05) is 25.1 Å². The van der Waals surface area contributed by atoms with Crippen LogP contribution in [0.4, 0.5) is 5.82 Å². The van der Waals surface area contributed by atoms with Gasteiger partial charge in [-0.25, -0.2) is 4.98 Å². The van der Waals surface area contributed by atoms with Crippen molar-refractivity contribution in [2.24, 2.45) is 0 Å². The lowest BCUT2D eigenvalue weighted by Gasteiger charge is -2.38. The second-order valence-electron chi connectivity index (χ2n) is 6.60. The molecule has 1 aliphatic rings. The van der Waals surface area contributed by atoms with Gasteiger partial charge in [0.2, 0.25) is 0 Å². The molecule has 0 spiro atoms. The van der Waals surface area contributed by atoms with Gasteiger partial charge in [-0.2, -0.15) is 0 Å². The molecule has 0 saturated carbocycles. The topological polar surface area (TPSA) is 46.2 Å². The lowest BCUT2D eigenvalue weighted by atomic mass is 9.74. The average Bonchev–Trinajstić information content (AvgIpc) is 2.65. The highest BCUT2D eigenvalue weighted by Gasteiger charge is 2.34. The number of nitrogens with one attached hydrogen (secondary N) is 2. The average molecular weight is 489 g/mol. The summed E-state index contributed by atoms with van der Waals surface area (Å²) < 4.78 is 6.34. The van der Waals surface area contributed by atoms with E-state index in [-0.39, 0.29) is 5.41 Å². The molecule has 1 saturated heterocycles. The number of nitrogens with zero attached hydrogens (tertiary/aromatic N) is 1. The summed E-state index contributed by atoms with van der Waals surface area (Å²) in [4.78, 5) is 4.44. The maximum Gasteiger partial charge on any atom is 0.172 e. The molecule has 0 bridgehead atoms. The molecule has 2 aromatic rings. The van der Waals surface area contributed by atoms with E-state index in [1.165, 1.54) is 5.56 Å². The normalized spacial score (nSPS) is 16.0. The van der Waals surface area contributed by atoms with Crippen LogP contribution in [0.2, 0.25) is 10.0 Å². The van der Waals surface area contributed by atoms with Gasteiger partial charge < -0.3 is 15.4 Å². The summed E-state index contributed by atoms with van der Waals surface area (Å²) in [5.41, 5.74) is 1.87.